The van der Waals surface area contributed by atoms with E-state index in [1.165, 1.54) is 13.0 Å². The maximum absolute atomic E-state index is 12.8. The molecule has 0 saturated carbocycles. The Labute approximate surface area is 168 Å². The minimum atomic E-state index is -6.04. The van der Waals surface area contributed by atoms with Crippen molar-refractivity contribution in [2.24, 2.45) is 5.41 Å². The maximum Gasteiger partial charge on any atom is 0.534 e. The van der Waals surface area contributed by atoms with Crippen molar-refractivity contribution in [1.82, 2.24) is 0 Å². The van der Waals surface area contributed by atoms with E-state index in [0.717, 1.165) is 37.5 Å². The molecule has 0 N–H and O–H groups in total. The molecule has 1 unspecified atom stereocenters. The van der Waals surface area contributed by atoms with Crippen LogP contribution in [0.3, 0.4) is 0 Å². The van der Waals surface area contributed by atoms with E-state index in [1.807, 2.05) is 0 Å². The fraction of sp³-hybridized carbons (Fsp3) is 0.389. The van der Waals surface area contributed by atoms with Crippen LogP contribution < -0.4 is 0 Å². The average molecular weight is 458 g/mol. The van der Waals surface area contributed by atoms with Gasteiger partial charge in [-0.2, -0.15) is 34.8 Å². The number of rotatable bonds is 5. The van der Waals surface area contributed by atoms with E-state index in [4.69, 9.17) is 0 Å². The molecule has 5 nitrogen and oxygen atoms in total. The SMILES string of the molecule is COC(=O)C1=CCC=C(OS(=O)(=O)C(F)(F)F)C1(C)Cc1ccc(C(F)(F)F)cc1. The highest BCUT2D eigenvalue weighted by molar-refractivity contribution is 7.87. The molecule has 30 heavy (non-hydrogen) atoms. The van der Waals surface area contributed by atoms with Crippen molar-refractivity contribution in [3.05, 3.63) is 58.9 Å². The lowest BCUT2D eigenvalue weighted by Crippen LogP contribution is -2.36. The number of carbonyl (C=O) groups excluding carboxylic acids is 1. The Balaban J connectivity index is 2.48. The fourth-order valence-corrected chi connectivity index (χ4v) is 3.56. The zero-order valence-electron chi connectivity index (χ0n) is 15.6. The number of hydrogen-bond donors (Lipinski definition) is 0. The fourth-order valence-electron chi connectivity index (χ4n) is 2.98. The lowest BCUT2D eigenvalue weighted by Gasteiger charge is -2.35. The van der Waals surface area contributed by atoms with Gasteiger partial charge in [0.1, 0.15) is 5.76 Å². The standard InChI is InChI=1S/C18H16F6O5S/c1-16(10-11-6-8-12(9-7-11)17(19,20)21)13(15(25)28-2)4-3-5-14(16)29-30(26,27)18(22,23)24/h4-9H,3,10H2,1-2H3. The van der Waals surface area contributed by atoms with Gasteiger partial charge < -0.3 is 8.92 Å². The van der Waals surface area contributed by atoms with E-state index in [-0.39, 0.29) is 24.0 Å². The van der Waals surface area contributed by atoms with Crippen LogP contribution in [0.4, 0.5) is 26.3 Å². The number of hydrogen-bond acceptors (Lipinski definition) is 5. The molecular weight excluding hydrogens is 442 g/mol. The Morgan fingerprint density at radius 1 is 1.07 bits per heavy atom. The van der Waals surface area contributed by atoms with E-state index in [1.54, 1.807) is 0 Å². The van der Waals surface area contributed by atoms with Gasteiger partial charge in [-0.1, -0.05) is 18.2 Å². The number of allylic oxidation sites excluding steroid dienone is 3. The largest absolute Gasteiger partial charge is 0.534 e. The van der Waals surface area contributed by atoms with Gasteiger partial charge >= 0.3 is 27.8 Å². The number of halogens is 6. The number of esters is 1. The van der Waals surface area contributed by atoms with Gasteiger partial charge in [-0.15, -0.1) is 0 Å². The van der Waals surface area contributed by atoms with Crippen molar-refractivity contribution < 1.29 is 48.5 Å². The third kappa shape index (κ3) is 4.79. The van der Waals surface area contributed by atoms with Gasteiger partial charge in [-0.25, -0.2) is 4.79 Å². The third-order valence-electron chi connectivity index (χ3n) is 4.49. The first kappa shape index (κ1) is 23.8. The summed E-state index contributed by atoms with van der Waals surface area (Å²) in [5, 5.41) is 0. The second-order valence-electron chi connectivity index (χ2n) is 6.60. The van der Waals surface area contributed by atoms with Crippen LogP contribution >= 0.6 is 0 Å². The summed E-state index contributed by atoms with van der Waals surface area (Å²) in [6, 6.07) is 3.68. The molecule has 1 aromatic rings. The molecule has 1 aromatic carbocycles. The summed E-state index contributed by atoms with van der Waals surface area (Å²) in [6.45, 7) is 1.24. The number of alkyl halides is 6. The third-order valence-corrected chi connectivity index (χ3v) is 5.46. The van der Waals surface area contributed by atoms with Crippen LogP contribution in [0.2, 0.25) is 0 Å². The molecule has 166 valence electrons. The number of ether oxygens (including phenoxy) is 1. The van der Waals surface area contributed by atoms with E-state index >= 15 is 0 Å². The quantitative estimate of drug-likeness (QED) is 0.281. The molecule has 1 aliphatic carbocycles. The van der Waals surface area contributed by atoms with Gasteiger partial charge in [0.05, 0.1) is 18.1 Å². The molecule has 0 spiro atoms. The minimum Gasteiger partial charge on any atom is -0.466 e. The lowest BCUT2D eigenvalue weighted by molar-refractivity contribution is -0.138. The summed E-state index contributed by atoms with van der Waals surface area (Å²) in [4.78, 5) is 12.2. The highest BCUT2D eigenvalue weighted by atomic mass is 32.2. The van der Waals surface area contributed by atoms with Crippen LogP contribution in [-0.4, -0.2) is 27.0 Å². The van der Waals surface area contributed by atoms with E-state index in [2.05, 4.69) is 8.92 Å². The normalized spacial score (nSPS) is 20.3. The monoisotopic (exact) mass is 458 g/mol. The van der Waals surface area contributed by atoms with Gasteiger partial charge in [-0.05, 0) is 43.5 Å². The number of benzene rings is 1. The summed E-state index contributed by atoms with van der Waals surface area (Å²) in [7, 11) is -5.02. The van der Waals surface area contributed by atoms with E-state index < -0.39 is 44.5 Å². The first-order chi connectivity index (χ1) is 13.6. The topological polar surface area (TPSA) is 69.7 Å². The Morgan fingerprint density at radius 3 is 2.10 bits per heavy atom. The molecule has 0 saturated heterocycles. The molecule has 0 aromatic heterocycles. The van der Waals surface area contributed by atoms with Crippen molar-refractivity contribution in [3.8, 4) is 0 Å². The molecule has 0 radical (unpaired) electrons. The highest BCUT2D eigenvalue weighted by Crippen LogP contribution is 2.45. The molecule has 0 bridgehead atoms. The van der Waals surface area contributed by atoms with Gasteiger partial charge in [0.15, 0.2) is 0 Å². The molecule has 0 amide bonds. The molecule has 0 aliphatic heterocycles. The predicted octanol–water partition coefficient (Wildman–Crippen LogP) is 4.51. The molecular formula is C18H16F6O5S. The molecule has 12 heteroatoms. The number of methoxy groups -OCH3 is 1. The van der Waals surface area contributed by atoms with Gasteiger partial charge in [0.25, 0.3) is 0 Å². The minimum absolute atomic E-state index is 0.115. The van der Waals surface area contributed by atoms with Crippen LogP contribution in [0.25, 0.3) is 0 Å². The van der Waals surface area contributed by atoms with Crippen molar-refractivity contribution in [2.45, 2.75) is 31.5 Å². The van der Waals surface area contributed by atoms with Crippen LogP contribution in [0, 0.1) is 5.41 Å². The highest BCUT2D eigenvalue weighted by Gasteiger charge is 2.52. The zero-order valence-corrected chi connectivity index (χ0v) is 16.4. The summed E-state index contributed by atoms with van der Waals surface area (Å²) in [6.07, 6.45) is -2.66. The van der Waals surface area contributed by atoms with Crippen molar-refractivity contribution >= 4 is 16.1 Å². The number of carbonyl (C=O) groups is 1. The molecule has 1 aliphatic rings. The zero-order chi connectivity index (χ0) is 23.0. The molecule has 1 atom stereocenters. The van der Waals surface area contributed by atoms with E-state index in [0.29, 0.717) is 0 Å². The first-order valence-electron chi connectivity index (χ1n) is 8.28. The lowest BCUT2D eigenvalue weighted by atomic mass is 9.72. The predicted molar refractivity (Wildman–Crippen MR) is 92.1 cm³/mol. The maximum atomic E-state index is 12.8. The van der Waals surface area contributed by atoms with Crippen molar-refractivity contribution in [1.29, 1.82) is 0 Å². The molecule has 0 fully saturated rings. The van der Waals surface area contributed by atoms with Gasteiger partial charge in [-0.3, -0.25) is 0 Å². The summed E-state index contributed by atoms with van der Waals surface area (Å²) in [5.74, 6) is -1.62. The molecule has 0 heterocycles. The second kappa shape index (κ2) is 7.97. The average Bonchev–Trinajstić information content (AvgIpc) is 2.61. The van der Waals surface area contributed by atoms with Crippen molar-refractivity contribution in [2.75, 3.05) is 7.11 Å². The Morgan fingerprint density at radius 2 is 1.63 bits per heavy atom. The summed E-state index contributed by atoms with van der Waals surface area (Å²) >= 11 is 0. The van der Waals surface area contributed by atoms with Crippen LogP contribution in [0.1, 0.15) is 24.5 Å². The summed E-state index contributed by atoms with van der Waals surface area (Å²) in [5.41, 5.74) is -8.39. The smallest absolute Gasteiger partial charge is 0.466 e. The van der Waals surface area contributed by atoms with Crippen molar-refractivity contribution in [3.63, 3.8) is 0 Å². The van der Waals surface area contributed by atoms with Crippen LogP contribution in [-0.2, 0) is 36.4 Å². The van der Waals surface area contributed by atoms with Crippen LogP contribution in [0.5, 0.6) is 0 Å². The Kier molecular flexibility index (Phi) is 6.32. The summed E-state index contributed by atoms with van der Waals surface area (Å²) < 4.78 is 109. The van der Waals surface area contributed by atoms with Gasteiger partial charge in [0, 0.05) is 5.57 Å². The Hall–Kier alpha value is -2.50. The van der Waals surface area contributed by atoms with E-state index in [9.17, 15) is 39.6 Å². The first-order valence-corrected chi connectivity index (χ1v) is 9.69. The Bertz CT molecular complexity index is 974. The second-order valence-corrected chi connectivity index (χ2v) is 8.14. The van der Waals surface area contributed by atoms with Gasteiger partial charge in [0.2, 0.25) is 0 Å². The van der Waals surface area contributed by atoms with Crippen LogP contribution in [0.15, 0.2) is 47.7 Å². The molecule has 2 rings (SSSR count).